The van der Waals surface area contributed by atoms with Crippen LogP contribution in [0.3, 0.4) is 0 Å². The van der Waals surface area contributed by atoms with Crippen LogP contribution in [0.5, 0.6) is 0 Å². The van der Waals surface area contributed by atoms with Gasteiger partial charge in [-0.25, -0.2) is 0 Å². The van der Waals surface area contributed by atoms with Crippen molar-refractivity contribution in [3.05, 3.63) is 35.9 Å². The summed E-state index contributed by atoms with van der Waals surface area (Å²) in [5.41, 5.74) is 0.534. The van der Waals surface area contributed by atoms with E-state index in [2.05, 4.69) is 31.2 Å². The van der Waals surface area contributed by atoms with Crippen LogP contribution in [0.4, 0.5) is 0 Å². The van der Waals surface area contributed by atoms with Gasteiger partial charge in [-0.2, -0.15) is 0 Å². The maximum Gasteiger partial charge on any atom is 0.312 e. The molecule has 0 saturated heterocycles. The Morgan fingerprint density at radius 1 is 1.35 bits per heavy atom. The second-order valence-electron chi connectivity index (χ2n) is 6.80. The van der Waals surface area contributed by atoms with Crippen molar-refractivity contribution in [2.24, 2.45) is 5.41 Å². The minimum atomic E-state index is -0.396. The Morgan fingerprint density at radius 2 is 2.00 bits per heavy atom. The summed E-state index contributed by atoms with van der Waals surface area (Å²) in [6, 6.07) is 10.4. The summed E-state index contributed by atoms with van der Waals surface area (Å²) in [5.74, 6) is 0.255. The molecule has 0 aromatic heterocycles. The van der Waals surface area contributed by atoms with Crippen molar-refractivity contribution in [3.8, 4) is 0 Å². The van der Waals surface area contributed by atoms with Crippen molar-refractivity contribution in [2.75, 3.05) is 0 Å². The molecule has 1 aromatic carbocycles. The third-order valence-corrected chi connectivity index (χ3v) is 4.87. The van der Waals surface area contributed by atoms with Crippen molar-refractivity contribution in [1.29, 1.82) is 0 Å². The summed E-state index contributed by atoms with van der Waals surface area (Å²) in [5, 5.41) is 0. The third-order valence-electron chi connectivity index (χ3n) is 4.87. The number of carbonyl (C=O) groups is 1. The fraction of sp³-hybridized carbons (Fsp3) is 0.611. The molecule has 2 unspecified atom stereocenters. The summed E-state index contributed by atoms with van der Waals surface area (Å²) in [4.78, 5) is 12.4. The topological polar surface area (TPSA) is 26.3 Å². The van der Waals surface area contributed by atoms with E-state index in [-0.39, 0.29) is 11.6 Å². The molecule has 2 heteroatoms. The highest BCUT2D eigenvalue weighted by molar-refractivity contribution is 5.76. The van der Waals surface area contributed by atoms with Crippen molar-refractivity contribution in [3.63, 3.8) is 0 Å². The molecule has 0 spiro atoms. The predicted octanol–water partition coefficient (Wildman–Crippen LogP) is 4.69. The molecule has 0 heterocycles. The smallest absolute Gasteiger partial charge is 0.312 e. The average molecular weight is 274 g/mol. The molecule has 2 rings (SSSR count). The Bertz CT molecular complexity index is 464. The summed E-state index contributed by atoms with van der Waals surface area (Å²) in [7, 11) is 0. The Morgan fingerprint density at radius 3 is 2.60 bits per heavy atom. The van der Waals surface area contributed by atoms with Crippen molar-refractivity contribution >= 4 is 5.97 Å². The zero-order chi connectivity index (χ0) is 14.8. The first-order valence-electron chi connectivity index (χ1n) is 7.67. The summed E-state index contributed by atoms with van der Waals surface area (Å²) >= 11 is 0. The van der Waals surface area contributed by atoms with Gasteiger partial charge in [-0.05, 0) is 52.0 Å². The first kappa shape index (κ1) is 15.1. The minimum absolute atomic E-state index is 0.0645. The standard InChI is InChI=1S/C18H26O2/c1-5-17(2,3)16(19)20-18(4)13-9-12-15(18)14-10-7-6-8-11-14/h6-8,10-11,15H,5,9,12-13H2,1-4H3. The van der Waals surface area contributed by atoms with Crippen LogP contribution in [-0.2, 0) is 9.53 Å². The number of carbonyl (C=O) groups excluding carboxylic acids is 1. The Kier molecular flexibility index (Phi) is 4.22. The lowest BCUT2D eigenvalue weighted by atomic mass is 9.85. The summed E-state index contributed by atoms with van der Waals surface area (Å²) in [6.45, 7) is 8.06. The molecule has 1 aliphatic carbocycles. The zero-order valence-electron chi connectivity index (χ0n) is 13.1. The molecular formula is C18H26O2. The SMILES string of the molecule is CCC(C)(C)C(=O)OC1(C)CCCC1c1ccccc1. The molecule has 0 amide bonds. The van der Waals surface area contributed by atoms with Gasteiger partial charge in [0.2, 0.25) is 0 Å². The van der Waals surface area contributed by atoms with Crippen molar-refractivity contribution < 1.29 is 9.53 Å². The third kappa shape index (κ3) is 2.89. The van der Waals surface area contributed by atoms with Gasteiger partial charge in [0.1, 0.15) is 5.60 Å². The van der Waals surface area contributed by atoms with Crippen molar-refractivity contribution in [1.82, 2.24) is 0 Å². The maximum absolute atomic E-state index is 12.4. The normalized spacial score (nSPS) is 26.5. The molecule has 0 N–H and O–H groups in total. The van der Waals surface area contributed by atoms with Crippen LogP contribution < -0.4 is 0 Å². The van der Waals surface area contributed by atoms with E-state index < -0.39 is 5.41 Å². The van der Waals surface area contributed by atoms with E-state index >= 15 is 0 Å². The van der Waals surface area contributed by atoms with Crippen LogP contribution in [0.15, 0.2) is 30.3 Å². The van der Waals surface area contributed by atoms with Gasteiger partial charge in [-0.3, -0.25) is 4.79 Å². The molecule has 1 aromatic rings. The monoisotopic (exact) mass is 274 g/mol. The second-order valence-corrected chi connectivity index (χ2v) is 6.80. The summed E-state index contributed by atoms with van der Waals surface area (Å²) < 4.78 is 5.98. The molecule has 110 valence electrons. The van der Waals surface area contributed by atoms with E-state index in [0.29, 0.717) is 5.92 Å². The largest absolute Gasteiger partial charge is 0.458 e. The van der Waals surface area contributed by atoms with Crippen LogP contribution in [0.1, 0.15) is 64.9 Å². The van der Waals surface area contributed by atoms with Crippen LogP contribution in [0.25, 0.3) is 0 Å². The van der Waals surface area contributed by atoms with Gasteiger partial charge >= 0.3 is 5.97 Å². The van der Waals surface area contributed by atoms with Crippen molar-refractivity contribution in [2.45, 2.75) is 64.9 Å². The molecular weight excluding hydrogens is 248 g/mol. The highest BCUT2D eigenvalue weighted by Crippen LogP contribution is 2.46. The fourth-order valence-electron chi connectivity index (χ4n) is 2.96. The number of ether oxygens (including phenoxy) is 1. The van der Waals surface area contributed by atoms with Crippen LogP contribution in [-0.4, -0.2) is 11.6 Å². The molecule has 1 fully saturated rings. The van der Waals surface area contributed by atoms with Gasteiger partial charge in [0.05, 0.1) is 5.41 Å². The molecule has 2 nitrogen and oxygen atoms in total. The lowest BCUT2D eigenvalue weighted by Gasteiger charge is -2.35. The fourth-order valence-corrected chi connectivity index (χ4v) is 2.96. The van der Waals surface area contributed by atoms with E-state index in [4.69, 9.17) is 4.74 Å². The molecule has 0 radical (unpaired) electrons. The number of rotatable bonds is 4. The Balaban J connectivity index is 2.19. The van der Waals surface area contributed by atoms with E-state index in [1.807, 2.05) is 26.8 Å². The van der Waals surface area contributed by atoms with Crippen LogP contribution in [0.2, 0.25) is 0 Å². The van der Waals surface area contributed by atoms with E-state index in [1.54, 1.807) is 0 Å². The molecule has 1 saturated carbocycles. The number of benzene rings is 1. The van der Waals surface area contributed by atoms with Gasteiger partial charge in [0, 0.05) is 5.92 Å². The van der Waals surface area contributed by atoms with E-state index in [0.717, 1.165) is 25.7 Å². The van der Waals surface area contributed by atoms with Gasteiger partial charge < -0.3 is 4.74 Å². The molecule has 20 heavy (non-hydrogen) atoms. The minimum Gasteiger partial charge on any atom is -0.458 e. The van der Waals surface area contributed by atoms with Gasteiger partial charge in [-0.1, -0.05) is 37.3 Å². The number of esters is 1. The quantitative estimate of drug-likeness (QED) is 0.744. The van der Waals surface area contributed by atoms with Gasteiger partial charge in [0.25, 0.3) is 0 Å². The first-order chi connectivity index (χ1) is 9.39. The van der Waals surface area contributed by atoms with Gasteiger partial charge in [0.15, 0.2) is 0 Å². The molecule has 0 bridgehead atoms. The maximum atomic E-state index is 12.4. The van der Waals surface area contributed by atoms with E-state index in [9.17, 15) is 4.79 Å². The number of hydrogen-bond donors (Lipinski definition) is 0. The lowest BCUT2D eigenvalue weighted by molar-refractivity contribution is -0.170. The zero-order valence-corrected chi connectivity index (χ0v) is 13.1. The number of hydrogen-bond acceptors (Lipinski definition) is 2. The average Bonchev–Trinajstić information content (AvgIpc) is 2.81. The summed E-state index contributed by atoms with van der Waals surface area (Å²) in [6.07, 6.45) is 3.98. The second kappa shape index (κ2) is 5.59. The first-order valence-corrected chi connectivity index (χ1v) is 7.67. The molecule has 0 aliphatic heterocycles. The molecule has 1 aliphatic rings. The lowest BCUT2D eigenvalue weighted by Crippen LogP contribution is -2.39. The van der Waals surface area contributed by atoms with Crippen LogP contribution >= 0.6 is 0 Å². The van der Waals surface area contributed by atoms with Gasteiger partial charge in [-0.15, -0.1) is 0 Å². The molecule has 2 atom stereocenters. The highest BCUT2D eigenvalue weighted by Gasteiger charge is 2.44. The van der Waals surface area contributed by atoms with Crippen LogP contribution in [0, 0.1) is 5.41 Å². The Labute approximate surface area is 122 Å². The van der Waals surface area contributed by atoms with E-state index in [1.165, 1.54) is 5.56 Å². The Hall–Kier alpha value is -1.31. The predicted molar refractivity (Wildman–Crippen MR) is 81.6 cm³/mol. The highest BCUT2D eigenvalue weighted by atomic mass is 16.6.